The highest BCUT2D eigenvalue weighted by atomic mass is 15.2. The molecule has 0 N–H and O–H groups in total. The fraction of sp³-hybridized carbons (Fsp3) is 0.400. The van der Waals surface area contributed by atoms with Crippen molar-refractivity contribution in [3.63, 3.8) is 0 Å². The van der Waals surface area contributed by atoms with Crippen molar-refractivity contribution in [2.24, 2.45) is 0 Å². The zero-order valence-electron chi connectivity index (χ0n) is 48.1. The molecule has 73 heavy (non-hydrogen) atoms. The van der Waals surface area contributed by atoms with Crippen LogP contribution in [0.25, 0.3) is 22.3 Å². The van der Waals surface area contributed by atoms with Crippen LogP contribution in [-0.4, -0.2) is 6.71 Å². The summed E-state index contributed by atoms with van der Waals surface area (Å²) in [4.78, 5) is 5.37. The molecule has 0 aromatic heterocycles. The Bertz CT molecular complexity index is 3290. The quantitative estimate of drug-likeness (QED) is 0.162. The fourth-order valence-electron chi connectivity index (χ4n) is 12.0. The van der Waals surface area contributed by atoms with Gasteiger partial charge in [0, 0.05) is 34.0 Å². The monoisotopic (exact) mass is 963 g/mol. The minimum atomic E-state index is -0.138. The third-order valence-electron chi connectivity index (χ3n) is 17.1. The minimum absolute atomic E-state index is 0.0166. The number of fused-ring (bicyclic) bond motifs is 5. The van der Waals surface area contributed by atoms with Crippen molar-refractivity contribution in [2.45, 2.75) is 182 Å². The normalized spacial score (nSPS) is 16.2. The van der Waals surface area contributed by atoms with Gasteiger partial charge in [-0.3, -0.25) is 0 Å². The van der Waals surface area contributed by atoms with Crippen LogP contribution in [0, 0.1) is 0 Å². The lowest BCUT2D eigenvalue weighted by atomic mass is 9.33. The smallest absolute Gasteiger partial charge is 0.252 e. The minimum Gasteiger partial charge on any atom is -0.311 e. The number of hydrogen-bond donors (Lipinski definition) is 0. The maximum Gasteiger partial charge on any atom is 0.252 e. The van der Waals surface area contributed by atoms with Crippen LogP contribution >= 0.6 is 0 Å². The van der Waals surface area contributed by atoms with Crippen LogP contribution in [0.3, 0.4) is 0 Å². The van der Waals surface area contributed by atoms with Gasteiger partial charge in [0.05, 0.1) is 5.69 Å². The lowest BCUT2D eigenvalue weighted by molar-refractivity contribution is 0.332. The Morgan fingerprint density at radius 1 is 0.356 bits per heavy atom. The van der Waals surface area contributed by atoms with Gasteiger partial charge >= 0.3 is 0 Å². The Morgan fingerprint density at radius 2 is 0.795 bits per heavy atom. The first-order valence-corrected chi connectivity index (χ1v) is 27.4. The predicted octanol–water partition coefficient (Wildman–Crippen LogP) is 17.9. The van der Waals surface area contributed by atoms with Crippen molar-refractivity contribution in [1.29, 1.82) is 0 Å². The first-order valence-electron chi connectivity index (χ1n) is 27.4. The van der Waals surface area contributed by atoms with E-state index in [4.69, 9.17) is 0 Å². The molecule has 3 aliphatic rings. The van der Waals surface area contributed by atoms with E-state index in [1.807, 2.05) is 0 Å². The van der Waals surface area contributed by atoms with Gasteiger partial charge in [0.15, 0.2) is 0 Å². The second kappa shape index (κ2) is 16.9. The molecule has 0 atom stereocenters. The second-order valence-electron chi connectivity index (χ2n) is 28.7. The summed E-state index contributed by atoms with van der Waals surface area (Å²) < 4.78 is 0. The van der Waals surface area contributed by atoms with Crippen molar-refractivity contribution in [2.75, 3.05) is 9.80 Å². The first kappa shape index (κ1) is 50.7. The molecule has 2 nitrogen and oxygen atoms in total. The second-order valence-corrected chi connectivity index (χ2v) is 28.7. The Labute approximate surface area is 441 Å². The summed E-state index contributed by atoms with van der Waals surface area (Å²) in [5, 5.41) is 0. The SMILES string of the molecule is CC(C)(C)c1ccc(-c2ccc(-c3cc(C(C)(C)C)ccc3N3c4cc5c(cc4B4c6ccc(C(C)(C)C)cc6N(c6cccc(C(C)(C)C)c6)c6cc(C(C)(C)C)cc3c64)C(C)(C)CCC5(C)C)cc2)cc1. The number of hydrogen-bond acceptors (Lipinski definition) is 2. The number of anilines is 6. The molecular weight excluding hydrogens is 880 g/mol. The molecule has 0 saturated carbocycles. The first-order chi connectivity index (χ1) is 33.8. The molecule has 1 aliphatic carbocycles. The molecule has 3 heteroatoms. The molecule has 0 spiro atoms. The third kappa shape index (κ3) is 8.89. The average Bonchev–Trinajstić information content (AvgIpc) is 3.31. The average molecular weight is 963 g/mol. The molecule has 0 saturated heterocycles. The zero-order chi connectivity index (χ0) is 52.7. The van der Waals surface area contributed by atoms with E-state index < -0.39 is 0 Å². The topological polar surface area (TPSA) is 6.48 Å². The Balaban J connectivity index is 1.31. The van der Waals surface area contributed by atoms with Crippen molar-refractivity contribution >= 4 is 57.2 Å². The summed E-state index contributed by atoms with van der Waals surface area (Å²) in [5.74, 6) is 0. The van der Waals surface area contributed by atoms with Gasteiger partial charge < -0.3 is 9.80 Å². The summed E-state index contributed by atoms with van der Waals surface area (Å²) in [6.45, 7) is 45.1. The molecule has 0 fully saturated rings. The van der Waals surface area contributed by atoms with Crippen molar-refractivity contribution in [1.82, 2.24) is 0 Å². The molecule has 7 aromatic carbocycles. The fourth-order valence-corrected chi connectivity index (χ4v) is 12.0. The molecule has 376 valence electrons. The van der Waals surface area contributed by atoms with Crippen LogP contribution in [-0.2, 0) is 37.9 Å². The van der Waals surface area contributed by atoms with E-state index in [1.54, 1.807) is 0 Å². The molecule has 10 rings (SSSR count). The van der Waals surface area contributed by atoms with E-state index in [-0.39, 0.29) is 44.6 Å². The molecule has 0 amide bonds. The lowest BCUT2D eigenvalue weighted by Crippen LogP contribution is -2.62. The van der Waals surface area contributed by atoms with Crippen LogP contribution in [0.2, 0.25) is 0 Å². The maximum absolute atomic E-state index is 2.72. The summed E-state index contributed by atoms with van der Waals surface area (Å²) in [7, 11) is 0. The van der Waals surface area contributed by atoms with Gasteiger partial charge in [0.2, 0.25) is 0 Å². The Hall–Kier alpha value is -5.80. The van der Waals surface area contributed by atoms with Crippen LogP contribution in [0.4, 0.5) is 34.1 Å². The summed E-state index contributed by atoms with van der Waals surface area (Å²) in [5.41, 5.74) is 26.3. The largest absolute Gasteiger partial charge is 0.311 e. The van der Waals surface area contributed by atoms with Gasteiger partial charge in [-0.05, 0) is 171 Å². The zero-order valence-corrected chi connectivity index (χ0v) is 48.1. The van der Waals surface area contributed by atoms with E-state index >= 15 is 0 Å². The summed E-state index contributed by atoms with van der Waals surface area (Å²) in [6, 6.07) is 53.3. The Morgan fingerprint density at radius 3 is 1.36 bits per heavy atom. The van der Waals surface area contributed by atoms with E-state index in [1.165, 1.54) is 112 Å². The van der Waals surface area contributed by atoms with Crippen LogP contribution in [0.5, 0.6) is 0 Å². The van der Waals surface area contributed by atoms with E-state index in [0.717, 1.165) is 12.8 Å². The molecule has 0 bridgehead atoms. The highest BCUT2D eigenvalue weighted by Crippen LogP contribution is 2.53. The highest BCUT2D eigenvalue weighted by molar-refractivity contribution is 7.00. The van der Waals surface area contributed by atoms with Gasteiger partial charge in [-0.2, -0.15) is 0 Å². The third-order valence-corrected chi connectivity index (χ3v) is 17.1. The van der Waals surface area contributed by atoms with Gasteiger partial charge in [-0.15, -0.1) is 0 Å². The van der Waals surface area contributed by atoms with Crippen molar-refractivity contribution in [3.8, 4) is 22.3 Å². The van der Waals surface area contributed by atoms with Crippen molar-refractivity contribution < 1.29 is 0 Å². The molecule has 0 unspecified atom stereocenters. The standard InChI is InChI=1S/C70H83BN2/c1-64(2,3)47-29-27-45(28-30-47)44-23-25-46(26-24-44)53-38-49(66(7,8)9)32-34-58(53)73-60-43-55-54(69(16,17)35-36-70(55,18)19)42-57(60)71-56-33-31-50(67(10,11)12)39-59(56)72(52-22-20-21-48(37-52)65(4,5)6)61-40-51(68(13,14)15)41-62(73)63(61)71/h20-34,37-43H,35-36H2,1-19H3. The number of benzene rings is 7. The van der Waals surface area contributed by atoms with Crippen LogP contribution in [0.1, 0.15) is 183 Å². The molecule has 0 radical (unpaired) electrons. The summed E-state index contributed by atoms with van der Waals surface area (Å²) in [6.07, 6.45) is 2.32. The molecule has 7 aromatic rings. The number of nitrogens with zero attached hydrogens (tertiary/aromatic N) is 2. The predicted molar refractivity (Wildman–Crippen MR) is 320 cm³/mol. The van der Waals surface area contributed by atoms with Crippen LogP contribution in [0.15, 0.2) is 133 Å². The summed E-state index contributed by atoms with van der Waals surface area (Å²) >= 11 is 0. The maximum atomic E-state index is 2.72. The van der Waals surface area contributed by atoms with Crippen LogP contribution < -0.4 is 26.2 Å². The van der Waals surface area contributed by atoms with E-state index in [2.05, 4.69) is 275 Å². The van der Waals surface area contributed by atoms with Gasteiger partial charge in [0.1, 0.15) is 0 Å². The van der Waals surface area contributed by atoms with E-state index in [0.29, 0.717) is 0 Å². The number of rotatable bonds is 4. The van der Waals surface area contributed by atoms with Gasteiger partial charge in [0.25, 0.3) is 6.71 Å². The molecule has 2 heterocycles. The highest BCUT2D eigenvalue weighted by Gasteiger charge is 2.47. The van der Waals surface area contributed by atoms with Gasteiger partial charge in [-0.1, -0.05) is 216 Å². The van der Waals surface area contributed by atoms with Crippen molar-refractivity contribution in [3.05, 3.63) is 172 Å². The molecule has 2 aliphatic heterocycles. The van der Waals surface area contributed by atoms with E-state index in [9.17, 15) is 0 Å². The lowest BCUT2D eigenvalue weighted by Gasteiger charge is -2.48. The van der Waals surface area contributed by atoms with Gasteiger partial charge in [-0.25, -0.2) is 0 Å². The Kier molecular flexibility index (Phi) is 11.7. The molecular formula is C70H83BN2.